The number of carbonyl (C=O) groups excluding carboxylic acids is 2. The summed E-state index contributed by atoms with van der Waals surface area (Å²) in [5.41, 5.74) is 0.888. The second kappa shape index (κ2) is 8.19. The largest absolute Gasteiger partial charge is 0.469 e. The number of nitrogens with one attached hydrogen (secondary N) is 1. The molecule has 4 rings (SSSR count). The molecule has 0 spiro atoms. The van der Waals surface area contributed by atoms with Crippen molar-refractivity contribution in [3.05, 3.63) is 88.2 Å². The Hall–Kier alpha value is -4.34. The molecule has 3 aromatic rings. The van der Waals surface area contributed by atoms with Crippen molar-refractivity contribution >= 4 is 29.1 Å². The van der Waals surface area contributed by atoms with Gasteiger partial charge < -0.3 is 20.2 Å². The fraction of sp³-hybridized carbons (Fsp3) is 0.0952. The second-order valence-corrected chi connectivity index (χ2v) is 6.64. The van der Waals surface area contributed by atoms with Gasteiger partial charge in [0.15, 0.2) is 5.75 Å². The van der Waals surface area contributed by atoms with Gasteiger partial charge in [-0.3, -0.25) is 14.5 Å². The zero-order valence-corrected chi connectivity index (χ0v) is 15.9. The molecule has 1 N–H and O–H groups in total. The molecule has 1 aromatic heterocycles. The van der Waals surface area contributed by atoms with E-state index < -0.39 is 41.0 Å². The highest BCUT2D eigenvalue weighted by Gasteiger charge is 2.40. The second-order valence-electron chi connectivity index (χ2n) is 6.64. The molecule has 156 valence electrons. The lowest BCUT2D eigenvalue weighted by Gasteiger charge is -2.30. The number of nitrogens with zero attached hydrogens (tertiary/aromatic N) is 3. The van der Waals surface area contributed by atoms with Crippen LogP contribution < -0.4 is 15.0 Å². The fourth-order valence-electron chi connectivity index (χ4n) is 3.10. The standard InChI is InChI=1S/C21H15FN4O5/c22-14-6-8-15(9-7-14)23-18(27)12-25-20-16(10-11-17(24-20)26(29)30)31-19(21(25)28)13-4-2-1-3-5-13/h1-11,19H,12H2,(H,23,27). The summed E-state index contributed by atoms with van der Waals surface area (Å²) in [5, 5.41) is 13.7. The molecule has 0 radical (unpaired) electrons. The SMILES string of the molecule is O=C(CN1C(=O)C(c2ccccc2)Oc2ccc([N+](=O)[O-])nc21)Nc1ccc(F)cc1. The van der Waals surface area contributed by atoms with Crippen LogP contribution in [-0.4, -0.2) is 28.3 Å². The zero-order valence-electron chi connectivity index (χ0n) is 15.9. The Balaban J connectivity index is 1.66. The van der Waals surface area contributed by atoms with Crippen molar-refractivity contribution < 1.29 is 23.6 Å². The van der Waals surface area contributed by atoms with Gasteiger partial charge in [0.1, 0.15) is 12.4 Å². The van der Waals surface area contributed by atoms with Gasteiger partial charge in [0.2, 0.25) is 12.0 Å². The molecule has 1 aliphatic rings. The number of anilines is 2. The summed E-state index contributed by atoms with van der Waals surface area (Å²) in [6, 6.07) is 16.3. The molecule has 2 amide bonds. The molecule has 0 bridgehead atoms. The number of hydrogen-bond donors (Lipinski definition) is 1. The molecule has 1 atom stereocenters. The van der Waals surface area contributed by atoms with Crippen molar-refractivity contribution in [2.75, 3.05) is 16.8 Å². The van der Waals surface area contributed by atoms with E-state index in [0.29, 0.717) is 11.3 Å². The number of fused-ring (bicyclic) bond motifs is 1. The first-order valence-corrected chi connectivity index (χ1v) is 9.16. The first-order valence-electron chi connectivity index (χ1n) is 9.16. The maximum Gasteiger partial charge on any atom is 0.366 e. The van der Waals surface area contributed by atoms with Crippen LogP contribution in [0.4, 0.5) is 21.7 Å². The van der Waals surface area contributed by atoms with E-state index in [4.69, 9.17) is 4.74 Å². The zero-order chi connectivity index (χ0) is 22.0. The third kappa shape index (κ3) is 4.17. The van der Waals surface area contributed by atoms with E-state index >= 15 is 0 Å². The number of pyridine rings is 1. The summed E-state index contributed by atoms with van der Waals surface area (Å²) in [5.74, 6) is -2.13. The molecule has 9 nitrogen and oxygen atoms in total. The lowest BCUT2D eigenvalue weighted by molar-refractivity contribution is -0.389. The van der Waals surface area contributed by atoms with Gasteiger partial charge in [-0.05, 0) is 40.2 Å². The molecule has 2 heterocycles. The molecule has 31 heavy (non-hydrogen) atoms. The molecule has 1 aliphatic heterocycles. The number of amides is 2. The number of aromatic nitrogens is 1. The van der Waals surface area contributed by atoms with E-state index in [1.807, 2.05) is 0 Å². The highest BCUT2D eigenvalue weighted by molar-refractivity contribution is 6.05. The summed E-state index contributed by atoms with van der Waals surface area (Å²) in [6.45, 7) is -0.468. The van der Waals surface area contributed by atoms with Crippen LogP contribution in [-0.2, 0) is 9.59 Å². The Morgan fingerprint density at radius 1 is 1.13 bits per heavy atom. The Morgan fingerprint density at radius 3 is 2.52 bits per heavy atom. The number of hydrogen-bond acceptors (Lipinski definition) is 6. The predicted molar refractivity (Wildman–Crippen MR) is 108 cm³/mol. The monoisotopic (exact) mass is 422 g/mol. The van der Waals surface area contributed by atoms with Gasteiger partial charge >= 0.3 is 5.82 Å². The van der Waals surface area contributed by atoms with Gasteiger partial charge in [-0.25, -0.2) is 4.39 Å². The molecule has 2 aromatic carbocycles. The maximum absolute atomic E-state index is 13.2. The molecule has 0 aliphatic carbocycles. The molecule has 0 fully saturated rings. The average Bonchev–Trinajstić information content (AvgIpc) is 2.77. The lowest BCUT2D eigenvalue weighted by atomic mass is 10.1. The van der Waals surface area contributed by atoms with Gasteiger partial charge in [0.05, 0.1) is 0 Å². The van der Waals surface area contributed by atoms with Crippen LogP contribution in [0, 0.1) is 15.9 Å². The number of nitro groups is 1. The van der Waals surface area contributed by atoms with Crippen molar-refractivity contribution in [2.24, 2.45) is 0 Å². The van der Waals surface area contributed by atoms with Crippen molar-refractivity contribution in [3.8, 4) is 5.75 Å². The normalized spacial score (nSPS) is 15.1. The van der Waals surface area contributed by atoms with Crippen LogP contribution in [0.1, 0.15) is 11.7 Å². The number of ether oxygens (including phenoxy) is 1. The first-order chi connectivity index (χ1) is 14.9. The molecule has 1 unspecified atom stereocenters. The van der Waals surface area contributed by atoms with Crippen molar-refractivity contribution in [1.29, 1.82) is 0 Å². The van der Waals surface area contributed by atoms with E-state index in [1.165, 1.54) is 30.3 Å². The van der Waals surface area contributed by atoms with E-state index in [1.54, 1.807) is 30.3 Å². The van der Waals surface area contributed by atoms with E-state index in [-0.39, 0.29) is 11.6 Å². The third-order valence-electron chi connectivity index (χ3n) is 4.53. The van der Waals surface area contributed by atoms with Crippen LogP contribution in [0.15, 0.2) is 66.7 Å². The van der Waals surface area contributed by atoms with Crippen LogP contribution >= 0.6 is 0 Å². The Labute approximate surface area is 175 Å². The minimum atomic E-state index is -1.05. The van der Waals surface area contributed by atoms with E-state index in [2.05, 4.69) is 10.3 Å². The van der Waals surface area contributed by atoms with Gasteiger partial charge in [-0.15, -0.1) is 0 Å². The van der Waals surface area contributed by atoms with Gasteiger partial charge in [-0.2, -0.15) is 0 Å². The summed E-state index contributed by atoms with van der Waals surface area (Å²) < 4.78 is 18.8. The Kier molecular flexibility index (Phi) is 5.27. The molecular formula is C21H15FN4O5. The molecular weight excluding hydrogens is 407 g/mol. The van der Waals surface area contributed by atoms with E-state index in [9.17, 15) is 24.1 Å². The lowest BCUT2D eigenvalue weighted by Crippen LogP contribution is -2.45. The van der Waals surface area contributed by atoms with Crippen molar-refractivity contribution in [3.63, 3.8) is 0 Å². The Morgan fingerprint density at radius 2 is 1.84 bits per heavy atom. The molecule has 0 saturated carbocycles. The average molecular weight is 422 g/mol. The van der Waals surface area contributed by atoms with Crippen LogP contribution in [0.25, 0.3) is 0 Å². The van der Waals surface area contributed by atoms with E-state index in [0.717, 1.165) is 11.0 Å². The van der Waals surface area contributed by atoms with Crippen LogP contribution in [0.5, 0.6) is 5.75 Å². The number of carbonyl (C=O) groups is 2. The van der Waals surface area contributed by atoms with Crippen LogP contribution in [0.3, 0.4) is 0 Å². The minimum absolute atomic E-state index is 0.124. The number of rotatable bonds is 5. The van der Waals surface area contributed by atoms with Crippen LogP contribution in [0.2, 0.25) is 0 Å². The van der Waals surface area contributed by atoms with Gasteiger partial charge in [-0.1, -0.05) is 30.3 Å². The quantitative estimate of drug-likeness (QED) is 0.499. The summed E-state index contributed by atoms with van der Waals surface area (Å²) >= 11 is 0. The fourth-order valence-corrected chi connectivity index (χ4v) is 3.10. The topological polar surface area (TPSA) is 115 Å². The number of benzene rings is 2. The smallest absolute Gasteiger partial charge is 0.366 e. The maximum atomic E-state index is 13.2. The molecule has 0 saturated heterocycles. The minimum Gasteiger partial charge on any atom is -0.469 e. The Bertz CT molecular complexity index is 1150. The highest BCUT2D eigenvalue weighted by Crippen LogP contribution is 2.38. The first kappa shape index (κ1) is 20.0. The van der Waals surface area contributed by atoms with Crippen molar-refractivity contribution in [2.45, 2.75) is 6.10 Å². The van der Waals surface area contributed by atoms with Gasteiger partial charge in [0, 0.05) is 17.3 Å². The summed E-state index contributed by atoms with van der Waals surface area (Å²) in [4.78, 5) is 41.1. The van der Waals surface area contributed by atoms with Crippen molar-refractivity contribution in [1.82, 2.24) is 4.98 Å². The summed E-state index contributed by atoms with van der Waals surface area (Å²) in [6.07, 6.45) is -1.05. The number of halogens is 1. The van der Waals surface area contributed by atoms with Gasteiger partial charge in [0.25, 0.3) is 11.7 Å². The summed E-state index contributed by atoms with van der Waals surface area (Å²) in [7, 11) is 0. The highest BCUT2D eigenvalue weighted by atomic mass is 19.1. The molecule has 10 heteroatoms. The predicted octanol–water partition coefficient (Wildman–Crippen LogP) is 3.23. The third-order valence-corrected chi connectivity index (χ3v) is 4.53.